The molecule has 1 saturated carbocycles. The van der Waals surface area contributed by atoms with Crippen LogP contribution in [0.15, 0.2) is 42.6 Å². The Kier molecular flexibility index (Phi) is 3.52. The van der Waals surface area contributed by atoms with Crippen molar-refractivity contribution in [3.8, 4) is 0 Å². The number of benzene rings is 1. The number of hydrogen-bond donors (Lipinski definition) is 1. The third-order valence-corrected chi connectivity index (χ3v) is 3.55. The van der Waals surface area contributed by atoms with Crippen molar-refractivity contribution in [2.24, 2.45) is 0 Å². The molecule has 1 aromatic carbocycles. The number of non-ortho nitro benzene ring substituents is 1. The van der Waals surface area contributed by atoms with E-state index in [0.717, 1.165) is 12.1 Å². The first kappa shape index (κ1) is 12.9. The molecule has 0 aliphatic heterocycles. The van der Waals surface area contributed by atoms with Gasteiger partial charge in [-0.3, -0.25) is 10.1 Å². The van der Waals surface area contributed by atoms with Crippen molar-refractivity contribution in [2.45, 2.75) is 32.0 Å². The van der Waals surface area contributed by atoms with Gasteiger partial charge in [-0.1, -0.05) is 12.1 Å². The molecule has 0 spiro atoms. The average Bonchev–Trinajstić information content (AvgIpc) is 3.17. The lowest BCUT2D eigenvalue weighted by molar-refractivity contribution is -0.384. The zero-order valence-corrected chi connectivity index (χ0v) is 11.2. The van der Waals surface area contributed by atoms with Gasteiger partial charge >= 0.3 is 0 Å². The summed E-state index contributed by atoms with van der Waals surface area (Å²) in [6.45, 7) is 1.52. The summed E-state index contributed by atoms with van der Waals surface area (Å²) >= 11 is 0. The van der Waals surface area contributed by atoms with Crippen LogP contribution in [-0.2, 0) is 13.1 Å². The van der Waals surface area contributed by atoms with Gasteiger partial charge in [-0.05, 0) is 30.5 Å². The van der Waals surface area contributed by atoms with Crippen LogP contribution in [0.25, 0.3) is 0 Å². The Balaban J connectivity index is 1.71. The van der Waals surface area contributed by atoms with Crippen molar-refractivity contribution in [3.05, 3.63) is 64.0 Å². The van der Waals surface area contributed by atoms with Gasteiger partial charge in [0.15, 0.2) is 0 Å². The third-order valence-electron chi connectivity index (χ3n) is 3.55. The topological polar surface area (TPSA) is 60.1 Å². The molecule has 5 nitrogen and oxygen atoms in total. The second-order valence-corrected chi connectivity index (χ2v) is 5.21. The van der Waals surface area contributed by atoms with Crippen LogP contribution in [-0.4, -0.2) is 15.5 Å². The maximum Gasteiger partial charge on any atom is 0.269 e. The molecule has 0 amide bonds. The van der Waals surface area contributed by atoms with Gasteiger partial charge in [0.25, 0.3) is 5.69 Å². The van der Waals surface area contributed by atoms with Gasteiger partial charge in [0.1, 0.15) is 0 Å². The third kappa shape index (κ3) is 3.05. The predicted molar refractivity (Wildman–Crippen MR) is 76.5 cm³/mol. The lowest BCUT2D eigenvalue weighted by Gasteiger charge is -2.10. The standard InChI is InChI=1S/C15H17N3O2/c19-18(20)14-4-1-3-12(9-14)11-17-8-2-5-15(17)10-16-13-6-7-13/h1-5,8-9,13,16H,6-7,10-11H2. The summed E-state index contributed by atoms with van der Waals surface area (Å²) < 4.78 is 2.13. The summed E-state index contributed by atoms with van der Waals surface area (Å²) in [7, 11) is 0. The summed E-state index contributed by atoms with van der Waals surface area (Å²) in [5.74, 6) is 0. The van der Waals surface area contributed by atoms with E-state index in [0.29, 0.717) is 12.6 Å². The fourth-order valence-electron chi connectivity index (χ4n) is 2.27. The average molecular weight is 271 g/mol. The second kappa shape index (κ2) is 5.46. The van der Waals surface area contributed by atoms with Gasteiger partial charge < -0.3 is 9.88 Å². The van der Waals surface area contributed by atoms with Crippen molar-refractivity contribution in [1.82, 2.24) is 9.88 Å². The highest BCUT2D eigenvalue weighted by Gasteiger charge is 2.20. The first-order valence-electron chi connectivity index (χ1n) is 6.83. The van der Waals surface area contributed by atoms with Crippen molar-refractivity contribution in [2.75, 3.05) is 0 Å². The maximum absolute atomic E-state index is 10.8. The highest BCUT2D eigenvalue weighted by atomic mass is 16.6. The minimum atomic E-state index is -0.352. The van der Waals surface area contributed by atoms with E-state index in [1.807, 2.05) is 18.3 Å². The quantitative estimate of drug-likeness (QED) is 0.649. The number of nitrogens with one attached hydrogen (secondary N) is 1. The van der Waals surface area contributed by atoms with Crippen molar-refractivity contribution < 1.29 is 4.92 Å². The Labute approximate surface area is 117 Å². The second-order valence-electron chi connectivity index (χ2n) is 5.21. The monoisotopic (exact) mass is 271 g/mol. The molecule has 0 atom stereocenters. The van der Waals surface area contributed by atoms with Crippen molar-refractivity contribution in [3.63, 3.8) is 0 Å². The van der Waals surface area contributed by atoms with Crippen LogP contribution in [0.2, 0.25) is 0 Å². The van der Waals surface area contributed by atoms with E-state index in [-0.39, 0.29) is 10.6 Å². The zero-order chi connectivity index (χ0) is 13.9. The molecule has 1 N–H and O–H groups in total. The summed E-state index contributed by atoms with van der Waals surface area (Å²) in [5.41, 5.74) is 2.30. The zero-order valence-electron chi connectivity index (χ0n) is 11.2. The van der Waals surface area contributed by atoms with Crippen molar-refractivity contribution in [1.29, 1.82) is 0 Å². The number of hydrogen-bond acceptors (Lipinski definition) is 3. The number of nitro groups is 1. The molecule has 0 unspecified atom stereocenters. The number of nitro benzene ring substituents is 1. The Morgan fingerprint density at radius 2 is 2.15 bits per heavy atom. The summed E-state index contributed by atoms with van der Waals surface area (Å²) in [6.07, 6.45) is 4.56. The molecule has 20 heavy (non-hydrogen) atoms. The summed E-state index contributed by atoms with van der Waals surface area (Å²) in [5, 5.41) is 14.3. The fraction of sp³-hybridized carbons (Fsp3) is 0.333. The lowest BCUT2D eigenvalue weighted by Crippen LogP contribution is -2.18. The molecule has 0 saturated heterocycles. The van der Waals surface area contributed by atoms with E-state index in [9.17, 15) is 10.1 Å². The van der Waals surface area contributed by atoms with Crippen LogP contribution in [0.4, 0.5) is 5.69 Å². The minimum Gasteiger partial charge on any atom is -0.346 e. The van der Waals surface area contributed by atoms with Crippen LogP contribution in [0.1, 0.15) is 24.1 Å². The van der Waals surface area contributed by atoms with Crippen LogP contribution >= 0.6 is 0 Å². The Morgan fingerprint density at radius 3 is 2.90 bits per heavy atom. The molecule has 1 aliphatic rings. The SMILES string of the molecule is O=[N+]([O-])c1cccc(Cn2cccc2CNC2CC2)c1. The first-order chi connectivity index (χ1) is 9.72. The Morgan fingerprint density at radius 1 is 1.30 bits per heavy atom. The highest BCUT2D eigenvalue weighted by molar-refractivity contribution is 5.34. The molecule has 2 aromatic rings. The smallest absolute Gasteiger partial charge is 0.269 e. The highest BCUT2D eigenvalue weighted by Crippen LogP contribution is 2.20. The molecule has 3 rings (SSSR count). The molecule has 1 fully saturated rings. The van der Waals surface area contributed by atoms with E-state index in [2.05, 4.69) is 16.0 Å². The van der Waals surface area contributed by atoms with Crippen LogP contribution in [0.3, 0.4) is 0 Å². The number of aromatic nitrogens is 1. The normalized spacial score (nSPS) is 14.4. The van der Waals surface area contributed by atoms with E-state index in [1.165, 1.54) is 24.6 Å². The Hall–Kier alpha value is -2.14. The van der Waals surface area contributed by atoms with Gasteiger partial charge in [0, 0.05) is 43.2 Å². The Bertz CT molecular complexity index is 617. The lowest BCUT2D eigenvalue weighted by atomic mass is 10.2. The largest absolute Gasteiger partial charge is 0.346 e. The van der Waals surface area contributed by atoms with E-state index in [4.69, 9.17) is 0 Å². The first-order valence-corrected chi connectivity index (χ1v) is 6.83. The van der Waals surface area contributed by atoms with Gasteiger partial charge in [-0.2, -0.15) is 0 Å². The molecular formula is C15H17N3O2. The number of nitrogens with zero attached hydrogens (tertiary/aromatic N) is 2. The van der Waals surface area contributed by atoms with E-state index in [1.54, 1.807) is 12.1 Å². The van der Waals surface area contributed by atoms with Crippen LogP contribution in [0.5, 0.6) is 0 Å². The van der Waals surface area contributed by atoms with Gasteiger partial charge in [0.2, 0.25) is 0 Å². The maximum atomic E-state index is 10.8. The van der Waals surface area contributed by atoms with Gasteiger partial charge in [0.05, 0.1) is 4.92 Å². The van der Waals surface area contributed by atoms with Crippen LogP contribution in [0, 0.1) is 10.1 Å². The van der Waals surface area contributed by atoms with E-state index >= 15 is 0 Å². The van der Waals surface area contributed by atoms with Crippen molar-refractivity contribution >= 4 is 5.69 Å². The molecule has 0 bridgehead atoms. The fourth-order valence-corrected chi connectivity index (χ4v) is 2.27. The molecule has 5 heteroatoms. The molecular weight excluding hydrogens is 254 g/mol. The molecule has 104 valence electrons. The molecule has 1 aliphatic carbocycles. The summed E-state index contributed by atoms with van der Waals surface area (Å²) in [4.78, 5) is 10.4. The minimum absolute atomic E-state index is 0.146. The summed E-state index contributed by atoms with van der Waals surface area (Å²) in [6, 6.07) is 11.6. The molecule has 1 aromatic heterocycles. The number of rotatable bonds is 6. The van der Waals surface area contributed by atoms with Gasteiger partial charge in [-0.15, -0.1) is 0 Å². The molecule has 1 heterocycles. The predicted octanol–water partition coefficient (Wildman–Crippen LogP) is 2.70. The van der Waals surface area contributed by atoms with Gasteiger partial charge in [-0.25, -0.2) is 0 Å². The van der Waals surface area contributed by atoms with Crippen LogP contribution < -0.4 is 5.32 Å². The molecule has 0 radical (unpaired) electrons. The van der Waals surface area contributed by atoms with E-state index < -0.39 is 0 Å².